The van der Waals surface area contributed by atoms with Gasteiger partial charge in [0.1, 0.15) is 18.0 Å². The van der Waals surface area contributed by atoms with Crippen LogP contribution in [0.1, 0.15) is 86.4 Å². The van der Waals surface area contributed by atoms with E-state index in [-0.39, 0.29) is 69.2 Å². The number of aryl methyl sites for hydroxylation is 1. The molecule has 51 heavy (non-hydrogen) atoms. The van der Waals surface area contributed by atoms with Gasteiger partial charge in [0.25, 0.3) is 5.56 Å². The average molecular weight is 708 g/mol. The molecule has 4 N–H and O–H groups in total. The first-order chi connectivity index (χ1) is 24.0. The largest absolute Gasteiger partial charge is 0.480 e. The van der Waals surface area contributed by atoms with Crippen molar-refractivity contribution in [2.45, 2.75) is 90.7 Å². The number of hydrogen-bond acceptors (Lipinski definition) is 10. The van der Waals surface area contributed by atoms with Crippen LogP contribution in [0.5, 0.6) is 0 Å². The molecule has 14 nitrogen and oxygen atoms in total. The van der Waals surface area contributed by atoms with Crippen LogP contribution in [-0.2, 0) is 49.0 Å². The third-order valence-electron chi connectivity index (χ3n) is 9.82. The number of nitrogens with one attached hydrogen (secondary N) is 2. The van der Waals surface area contributed by atoms with Gasteiger partial charge in [-0.2, -0.15) is 0 Å². The van der Waals surface area contributed by atoms with Crippen LogP contribution in [0.2, 0.25) is 0 Å². The minimum atomic E-state index is -2.01. The molecule has 0 unspecified atom stereocenters. The molecule has 1 aliphatic carbocycles. The number of hydrogen-bond donors (Lipinski definition) is 4. The Balaban J connectivity index is 1.30. The molecule has 4 heterocycles. The van der Waals surface area contributed by atoms with Gasteiger partial charge in [0.2, 0.25) is 5.91 Å². The summed E-state index contributed by atoms with van der Waals surface area (Å²) in [6, 6.07) is 2.40. The second kappa shape index (κ2) is 13.3. The molecular formula is C36H42FN5O9. The Morgan fingerprint density at radius 2 is 1.92 bits per heavy atom. The molecule has 0 fully saturated rings. The number of halogens is 1. The first kappa shape index (κ1) is 35.9. The number of carbonyl (C=O) groups is 4. The zero-order valence-electron chi connectivity index (χ0n) is 29.3. The predicted octanol–water partition coefficient (Wildman–Crippen LogP) is 2.93. The molecule has 6 rings (SSSR count). The normalized spacial score (nSPS) is 18.9. The Bertz CT molecular complexity index is 2040. The maximum Gasteiger partial charge on any atom is 0.407 e. The summed E-state index contributed by atoms with van der Waals surface area (Å²) in [6.07, 6.45) is 0.207. The van der Waals surface area contributed by atoms with E-state index in [0.29, 0.717) is 46.3 Å². The van der Waals surface area contributed by atoms with Crippen LogP contribution in [0.3, 0.4) is 0 Å². The zero-order valence-corrected chi connectivity index (χ0v) is 29.3. The number of carboxylic acid groups (broad SMARTS) is 1. The third kappa shape index (κ3) is 6.67. The topological polar surface area (TPSA) is 189 Å². The molecule has 2 atom stereocenters. The van der Waals surface area contributed by atoms with Crippen molar-refractivity contribution in [3.63, 3.8) is 0 Å². The average Bonchev–Trinajstić information content (AvgIpc) is 3.42. The number of ether oxygens (including phenoxy) is 2. The highest BCUT2D eigenvalue weighted by Crippen LogP contribution is 2.46. The van der Waals surface area contributed by atoms with Gasteiger partial charge >= 0.3 is 18.0 Å². The fourth-order valence-electron chi connectivity index (χ4n) is 7.32. The number of alkyl carbamates (subject to hydrolysis) is 1. The van der Waals surface area contributed by atoms with E-state index in [0.717, 1.165) is 11.1 Å². The number of nitrogens with zero attached hydrogens (tertiary/aromatic N) is 3. The van der Waals surface area contributed by atoms with Crippen molar-refractivity contribution < 1.29 is 43.3 Å². The zero-order chi connectivity index (χ0) is 37.0. The van der Waals surface area contributed by atoms with Crippen molar-refractivity contribution in [2.24, 2.45) is 0 Å². The number of aliphatic hydroxyl groups is 1. The van der Waals surface area contributed by atoms with Gasteiger partial charge in [0.05, 0.1) is 41.6 Å². The number of aliphatic carboxylic acids is 1. The van der Waals surface area contributed by atoms with Gasteiger partial charge in [-0.05, 0) is 69.7 Å². The first-order valence-electron chi connectivity index (χ1n) is 17.0. The molecule has 2 aliphatic heterocycles. The smallest absolute Gasteiger partial charge is 0.407 e. The molecule has 0 saturated heterocycles. The molecule has 1 aromatic carbocycles. The second-order valence-corrected chi connectivity index (χ2v) is 14.3. The van der Waals surface area contributed by atoms with Gasteiger partial charge < -0.3 is 34.9 Å². The van der Waals surface area contributed by atoms with E-state index in [9.17, 15) is 34.2 Å². The Hall–Kier alpha value is -4.89. The highest BCUT2D eigenvalue weighted by molar-refractivity contribution is 5.94. The van der Waals surface area contributed by atoms with Crippen LogP contribution in [0, 0.1) is 12.7 Å². The summed E-state index contributed by atoms with van der Waals surface area (Å²) in [5.74, 6) is -2.70. The van der Waals surface area contributed by atoms with Gasteiger partial charge in [-0.3, -0.25) is 19.3 Å². The fraction of sp³-hybridized carbons (Fsp3) is 0.500. The van der Waals surface area contributed by atoms with E-state index in [4.69, 9.17) is 14.5 Å². The summed E-state index contributed by atoms with van der Waals surface area (Å²) in [7, 11) is 0. The number of pyridine rings is 2. The first-order valence-corrected chi connectivity index (χ1v) is 17.0. The lowest BCUT2D eigenvalue weighted by atomic mass is 9.81. The van der Waals surface area contributed by atoms with Crippen molar-refractivity contribution in [1.29, 1.82) is 0 Å². The van der Waals surface area contributed by atoms with Crippen LogP contribution >= 0.6 is 0 Å². The molecule has 0 bridgehead atoms. The minimum Gasteiger partial charge on any atom is -0.480 e. The predicted molar refractivity (Wildman–Crippen MR) is 181 cm³/mol. The Morgan fingerprint density at radius 3 is 2.61 bits per heavy atom. The number of esters is 1. The molecule has 0 saturated carbocycles. The summed E-state index contributed by atoms with van der Waals surface area (Å²) in [4.78, 5) is 70.0. The maximum absolute atomic E-state index is 15.2. The van der Waals surface area contributed by atoms with Gasteiger partial charge in [-0.15, -0.1) is 0 Å². The van der Waals surface area contributed by atoms with Crippen molar-refractivity contribution in [3.05, 3.63) is 61.7 Å². The van der Waals surface area contributed by atoms with E-state index >= 15 is 4.39 Å². The monoisotopic (exact) mass is 707 g/mol. The molecule has 272 valence electrons. The van der Waals surface area contributed by atoms with Crippen LogP contribution < -0.4 is 16.2 Å². The van der Waals surface area contributed by atoms with Gasteiger partial charge in [0.15, 0.2) is 5.60 Å². The summed E-state index contributed by atoms with van der Waals surface area (Å²) in [5.41, 5.74) is 0.966. The molecule has 15 heteroatoms. The number of benzene rings is 1. The maximum atomic E-state index is 15.2. The molecule has 2 aromatic heterocycles. The molecule has 3 aromatic rings. The van der Waals surface area contributed by atoms with Crippen LogP contribution in [0.15, 0.2) is 16.9 Å². The van der Waals surface area contributed by atoms with Gasteiger partial charge in [0, 0.05) is 48.6 Å². The van der Waals surface area contributed by atoms with Crippen molar-refractivity contribution >= 4 is 34.8 Å². The third-order valence-corrected chi connectivity index (χ3v) is 9.82. The van der Waals surface area contributed by atoms with Crippen LogP contribution in [0.4, 0.5) is 9.18 Å². The van der Waals surface area contributed by atoms with Gasteiger partial charge in [-0.1, -0.05) is 6.92 Å². The Labute approximate surface area is 292 Å². The van der Waals surface area contributed by atoms with E-state index < -0.39 is 46.7 Å². The molecular weight excluding hydrogens is 665 g/mol. The highest BCUT2D eigenvalue weighted by Gasteiger charge is 2.46. The minimum absolute atomic E-state index is 0.0168. The lowest BCUT2D eigenvalue weighted by Gasteiger charge is -2.31. The number of carboxylic acids is 1. The fourth-order valence-corrected chi connectivity index (χ4v) is 7.32. The quantitative estimate of drug-likeness (QED) is 0.177. The molecule has 0 radical (unpaired) electrons. The lowest BCUT2D eigenvalue weighted by molar-refractivity contribution is -0.172. The summed E-state index contributed by atoms with van der Waals surface area (Å²) < 4.78 is 27.2. The number of carbonyl (C=O) groups excluding carboxylic acids is 3. The molecule has 0 spiro atoms. The van der Waals surface area contributed by atoms with Crippen molar-refractivity contribution in [3.8, 4) is 11.4 Å². The van der Waals surface area contributed by atoms with E-state index in [2.05, 4.69) is 10.6 Å². The Morgan fingerprint density at radius 1 is 1.18 bits per heavy atom. The highest BCUT2D eigenvalue weighted by atomic mass is 19.1. The van der Waals surface area contributed by atoms with Crippen molar-refractivity contribution in [2.75, 3.05) is 26.2 Å². The summed E-state index contributed by atoms with van der Waals surface area (Å²) in [5, 5.41) is 27.1. The SMILES string of the molecule is CC[C@@]1(O)C(=O)OCc2c1cc1n(c2=O)Cc2c-1nc1cc(F)c(C)c3c1c2[C@@H](NC(=O)CCN(CCNC(=O)OC(C)(C)C)CC(=O)O)CC3. The number of fused-ring (bicyclic) bond motifs is 5. The summed E-state index contributed by atoms with van der Waals surface area (Å²) >= 11 is 0. The van der Waals surface area contributed by atoms with Gasteiger partial charge in [-0.25, -0.2) is 19.0 Å². The lowest BCUT2D eigenvalue weighted by Crippen LogP contribution is -2.44. The van der Waals surface area contributed by atoms with E-state index in [1.54, 1.807) is 45.6 Å². The standard InChI is InChI=1S/C36H42FN5O9/c1-6-36(49)22-13-26-31-20(15-42(26)32(46)21(22)17-50-33(36)47)30-24(8-7-19-18(2)23(37)14-25(40-31)29(19)30)39-27(43)9-11-41(16-28(44)45)12-10-38-34(48)51-35(3,4)5/h13-14,24,49H,6-12,15-17H2,1-5H3,(H,38,48)(H,39,43)(H,44,45)/t24-,36-/m0/s1. The second-order valence-electron chi connectivity index (χ2n) is 14.3. The Kier molecular flexibility index (Phi) is 9.40. The number of amides is 2. The van der Waals surface area contributed by atoms with Crippen molar-refractivity contribution in [1.82, 2.24) is 25.1 Å². The number of cyclic esters (lactones) is 1. The number of rotatable bonds is 10. The molecule has 3 aliphatic rings. The number of aromatic nitrogens is 2. The summed E-state index contributed by atoms with van der Waals surface area (Å²) in [6.45, 7) is 8.36. The molecule has 2 amide bonds. The van der Waals surface area contributed by atoms with Crippen LogP contribution in [0.25, 0.3) is 22.3 Å². The van der Waals surface area contributed by atoms with E-state index in [1.807, 2.05) is 0 Å². The van der Waals surface area contributed by atoms with Crippen LogP contribution in [-0.4, -0.2) is 80.4 Å². The van der Waals surface area contributed by atoms with E-state index in [1.165, 1.54) is 10.6 Å².